The average molecular weight is 148 g/mol. The van der Waals surface area contributed by atoms with Gasteiger partial charge in [0, 0.05) is 0 Å². The first kappa shape index (κ1) is 8.47. The third-order valence-electron chi connectivity index (χ3n) is 0.794. The Morgan fingerprint density at radius 2 is 2.00 bits per heavy atom. The first-order valence-corrected chi connectivity index (χ1v) is 3.87. The van der Waals surface area contributed by atoms with Crippen LogP contribution < -0.4 is 0 Å². The largest absolute Gasteiger partial charge is 0.285 e. The van der Waals surface area contributed by atoms with Gasteiger partial charge in [0.2, 0.25) is 0 Å². The Kier molecular flexibility index (Phi) is 2.68. The molecule has 52 valence electrons. The van der Waals surface area contributed by atoms with Gasteiger partial charge in [-0.1, -0.05) is 5.92 Å². The normalized spacial score (nSPS) is 13.7. The quantitative estimate of drug-likeness (QED) is 0.429. The smallest absolute Gasteiger partial charge is 0.278 e. The molecule has 0 aromatic heterocycles. The van der Waals surface area contributed by atoms with E-state index in [0.29, 0.717) is 0 Å². The summed E-state index contributed by atoms with van der Waals surface area (Å²) in [5, 5.41) is -0.970. The van der Waals surface area contributed by atoms with Crippen molar-refractivity contribution in [2.75, 3.05) is 0 Å². The highest BCUT2D eigenvalue weighted by Crippen LogP contribution is 1.93. The van der Waals surface area contributed by atoms with Crippen LogP contribution in [0.4, 0.5) is 0 Å². The van der Waals surface area contributed by atoms with Crippen LogP contribution in [0.1, 0.15) is 13.8 Å². The second kappa shape index (κ2) is 2.85. The van der Waals surface area contributed by atoms with Gasteiger partial charge in [-0.2, -0.15) is 8.42 Å². The molecule has 0 bridgehead atoms. The minimum absolute atomic E-state index is 0.970. The lowest BCUT2D eigenvalue weighted by molar-refractivity contribution is 0.478. The molecule has 0 saturated carbocycles. The van der Waals surface area contributed by atoms with E-state index in [1.54, 1.807) is 0 Å². The topological polar surface area (TPSA) is 54.4 Å². The average Bonchev–Trinajstić information content (AvgIpc) is 1.64. The molecular formula is C5H8O3S. The van der Waals surface area contributed by atoms with Crippen LogP contribution in [0.5, 0.6) is 0 Å². The fraction of sp³-hybridized carbons (Fsp3) is 0.600. The molecule has 0 spiro atoms. The second-order valence-electron chi connectivity index (χ2n) is 1.55. The van der Waals surface area contributed by atoms with E-state index in [1.807, 2.05) is 0 Å². The van der Waals surface area contributed by atoms with Gasteiger partial charge in [-0.3, -0.25) is 4.55 Å². The van der Waals surface area contributed by atoms with E-state index >= 15 is 0 Å². The molecule has 0 rings (SSSR count). The lowest BCUT2D eigenvalue weighted by Gasteiger charge is -1.95. The minimum Gasteiger partial charge on any atom is -0.285 e. The SMILES string of the molecule is CC#CC(C)S(=O)(=O)O. The molecule has 0 fully saturated rings. The molecule has 9 heavy (non-hydrogen) atoms. The fourth-order valence-corrected chi connectivity index (χ4v) is 0.545. The summed E-state index contributed by atoms with van der Waals surface area (Å²) in [6, 6.07) is 0. The maximum atomic E-state index is 10.2. The molecule has 0 radical (unpaired) electrons. The molecule has 0 aromatic carbocycles. The third kappa shape index (κ3) is 3.12. The molecule has 0 amide bonds. The third-order valence-corrected chi connectivity index (χ3v) is 1.81. The molecule has 0 aliphatic carbocycles. The zero-order valence-corrected chi connectivity index (χ0v) is 6.07. The number of hydrogen-bond acceptors (Lipinski definition) is 2. The van der Waals surface area contributed by atoms with E-state index < -0.39 is 15.4 Å². The molecule has 0 saturated heterocycles. The van der Waals surface area contributed by atoms with E-state index in [1.165, 1.54) is 13.8 Å². The predicted octanol–water partition coefficient (Wildman–Crippen LogP) is 0.286. The van der Waals surface area contributed by atoms with Crippen LogP contribution in [0.25, 0.3) is 0 Å². The molecule has 1 unspecified atom stereocenters. The summed E-state index contributed by atoms with van der Waals surface area (Å²) in [5.41, 5.74) is 0. The van der Waals surface area contributed by atoms with Crippen LogP contribution in [0, 0.1) is 11.8 Å². The van der Waals surface area contributed by atoms with Crippen LogP contribution in [-0.2, 0) is 10.1 Å². The van der Waals surface area contributed by atoms with Crippen molar-refractivity contribution >= 4 is 10.1 Å². The summed E-state index contributed by atoms with van der Waals surface area (Å²) < 4.78 is 28.6. The van der Waals surface area contributed by atoms with Gasteiger partial charge in [-0.05, 0) is 13.8 Å². The summed E-state index contributed by atoms with van der Waals surface area (Å²) in [7, 11) is -3.94. The van der Waals surface area contributed by atoms with Crippen molar-refractivity contribution in [1.29, 1.82) is 0 Å². The standard InChI is InChI=1S/C5H8O3S/c1-3-4-5(2)9(6,7)8/h5H,1-2H3,(H,6,7,8). The molecule has 0 heterocycles. The maximum Gasteiger partial charge on any atom is 0.278 e. The Hall–Kier alpha value is -0.530. The van der Waals surface area contributed by atoms with Gasteiger partial charge in [0.15, 0.2) is 0 Å². The van der Waals surface area contributed by atoms with Crippen molar-refractivity contribution in [3.63, 3.8) is 0 Å². The molecule has 1 N–H and O–H groups in total. The summed E-state index contributed by atoms with van der Waals surface area (Å²) in [4.78, 5) is 0. The first-order valence-electron chi connectivity index (χ1n) is 2.37. The van der Waals surface area contributed by atoms with Gasteiger partial charge in [0.25, 0.3) is 10.1 Å². The Morgan fingerprint density at radius 1 is 1.56 bits per heavy atom. The highest BCUT2D eigenvalue weighted by atomic mass is 32.2. The Bertz CT molecular complexity index is 229. The molecule has 0 aliphatic rings. The highest BCUT2D eigenvalue weighted by molar-refractivity contribution is 7.86. The van der Waals surface area contributed by atoms with Crippen molar-refractivity contribution in [2.24, 2.45) is 0 Å². The Morgan fingerprint density at radius 3 is 2.11 bits per heavy atom. The summed E-state index contributed by atoms with van der Waals surface area (Å²) in [6.07, 6.45) is 0. The first-order chi connectivity index (χ1) is 3.98. The van der Waals surface area contributed by atoms with Crippen LogP contribution in [0.2, 0.25) is 0 Å². The molecular weight excluding hydrogens is 140 g/mol. The van der Waals surface area contributed by atoms with Gasteiger partial charge < -0.3 is 0 Å². The van der Waals surface area contributed by atoms with E-state index in [9.17, 15) is 8.42 Å². The van der Waals surface area contributed by atoms with E-state index in [2.05, 4.69) is 11.8 Å². The van der Waals surface area contributed by atoms with Crippen molar-refractivity contribution in [3.05, 3.63) is 0 Å². The van der Waals surface area contributed by atoms with Gasteiger partial charge >= 0.3 is 0 Å². The summed E-state index contributed by atoms with van der Waals surface area (Å²) in [6.45, 7) is 2.84. The van der Waals surface area contributed by atoms with Crippen molar-refractivity contribution in [1.82, 2.24) is 0 Å². The fourth-order valence-electron chi connectivity index (χ4n) is 0.278. The zero-order chi connectivity index (χ0) is 7.49. The lowest BCUT2D eigenvalue weighted by atomic mass is 10.5. The van der Waals surface area contributed by atoms with Gasteiger partial charge in [0.1, 0.15) is 5.25 Å². The van der Waals surface area contributed by atoms with E-state index in [-0.39, 0.29) is 0 Å². The number of rotatable bonds is 1. The lowest BCUT2D eigenvalue weighted by Crippen LogP contribution is -2.13. The number of hydrogen-bond donors (Lipinski definition) is 1. The maximum absolute atomic E-state index is 10.2. The zero-order valence-electron chi connectivity index (χ0n) is 5.25. The molecule has 0 aliphatic heterocycles. The van der Waals surface area contributed by atoms with Crippen LogP contribution in [0.3, 0.4) is 0 Å². The van der Waals surface area contributed by atoms with Gasteiger partial charge in [0.05, 0.1) is 0 Å². The van der Waals surface area contributed by atoms with Crippen molar-refractivity contribution in [2.45, 2.75) is 19.1 Å². The Balaban J connectivity index is 4.36. The van der Waals surface area contributed by atoms with Crippen LogP contribution >= 0.6 is 0 Å². The Labute approximate surface area is 54.8 Å². The van der Waals surface area contributed by atoms with E-state index in [0.717, 1.165) is 0 Å². The van der Waals surface area contributed by atoms with Crippen molar-refractivity contribution in [3.8, 4) is 11.8 Å². The van der Waals surface area contributed by atoms with Crippen LogP contribution in [0.15, 0.2) is 0 Å². The second-order valence-corrected chi connectivity index (χ2v) is 3.29. The molecule has 3 nitrogen and oxygen atoms in total. The van der Waals surface area contributed by atoms with Gasteiger partial charge in [-0.15, -0.1) is 5.92 Å². The minimum atomic E-state index is -3.94. The van der Waals surface area contributed by atoms with Crippen molar-refractivity contribution < 1.29 is 13.0 Å². The summed E-state index contributed by atoms with van der Waals surface area (Å²) in [5.74, 6) is 4.68. The van der Waals surface area contributed by atoms with Crippen LogP contribution in [-0.4, -0.2) is 18.2 Å². The molecule has 4 heteroatoms. The highest BCUT2D eigenvalue weighted by Gasteiger charge is 2.12. The summed E-state index contributed by atoms with van der Waals surface area (Å²) >= 11 is 0. The molecule has 1 atom stereocenters. The monoisotopic (exact) mass is 148 g/mol. The predicted molar refractivity (Wildman–Crippen MR) is 34.5 cm³/mol. The van der Waals surface area contributed by atoms with Gasteiger partial charge in [-0.25, -0.2) is 0 Å². The van der Waals surface area contributed by atoms with E-state index in [4.69, 9.17) is 4.55 Å². The molecule has 0 aromatic rings.